The summed E-state index contributed by atoms with van der Waals surface area (Å²) < 4.78 is 4.69. The Kier molecular flexibility index (Phi) is 4.13. The minimum absolute atomic E-state index is 0.212. The Hall–Kier alpha value is -1.36. The number of carboxylic acids is 1. The summed E-state index contributed by atoms with van der Waals surface area (Å²) in [4.78, 5) is 21.3. The summed E-state index contributed by atoms with van der Waals surface area (Å²) in [5, 5.41) is 8.47. The van der Waals surface area contributed by atoms with Crippen LogP contribution in [0.25, 0.3) is 0 Å². The van der Waals surface area contributed by atoms with Gasteiger partial charge in [-0.25, -0.2) is 4.79 Å². The van der Waals surface area contributed by atoms with Gasteiger partial charge in [-0.1, -0.05) is 6.58 Å². The topological polar surface area (TPSA) is 89.6 Å². The quantitative estimate of drug-likeness (QED) is 0.474. The van der Waals surface area contributed by atoms with Crippen molar-refractivity contribution in [3.63, 3.8) is 0 Å². The van der Waals surface area contributed by atoms with Crippen LogP contribution in [0, 0.1) is 0 Å². The van der Waals surface area contributed by atoms with Gasteiger partial charge in [0.2, 0.25) is 0 Å². The molecule has 0 heterocycles. The molecule has 2 atom stereocenters. The molecule has 3 N–H and O–H groups in total. The fourth-order valence-corrected chi connectivity index (χ4v) is 0.544. The molecule has 0 aromatic carbocycles. The van der Waals surface area contributed by atoms with Gasteiger partial charge in [-0.15, -0.1) is 0 Å². The van der Waals surface area contributed by atoms with Gasteiger partial charge >= 0.3 is 11.9 Å². The third kappa shape index (κ3) is 3.71. The van der Waals surface area contributed by atoms with Crippen LogP contribution >= 0.6 is 0 Å². The predicted molar refractivity (Wildman–Crippen MR) is 46.0 cm³/mol. The van der Waals surface area contributed by atoms with Crippen molar-refractivity contribution in [1.29, 1.82) is 0 Å². The molecule has 0 amide bonds. The molecule has 0 aliphatic heterocycles. The molecule has 0 spiro atoms. The molecular formula is C8H13NO4. The average molecular weight is 187 g/mol. The molecule has 0 saturated heterocycles. The smallest absolute Gasteiger partial charge is 0.333 e. The van der Waals surface area contributed by atoms with Crippen LogP contribution in [0.15, 0.2) is 12.2 Å². The summed E-state index contributed by atoms with van der Waals surface area (Å²) in [6.07, 6.45) is -0.860. The maximum Gasteiger partial charge on any atom is 0.333 e. The van der Waals surface area contributed by atoms with Crippen LogP contribution in [0.2, 0.25) is 0 Å². The molecule has 0 radical (unpaired) electrons. The maximum atomic E-state index is 10.9. The Labute approximate surface area is 76.2 Å². The zero-order valence-corrected chi connectivity index (χ0v) is 7.61. The lowest BCUT2D eigenvalue weighted by Gasteiger charge is -2.16. The molecule has 13 heavy (non-hydrogen) atoms. The van der Waals surface area contributed by atoms with E-state index in [4.69, 9.17) is 15.6 Å². The molecule has 5 nitrogen and oxygen atoms in total. The number of carboxylic acid groups (broad SMARTS) is 1. The Balaban J connectivity index is 4.15. The first-order chi connectivity index (χ1) is 5.86. The Morgan fingerprint density at radius 2 is 2.00 bits per heavy atom. The number of ether oxygens (including phenoxy) is 1. The summed E-state index contributed by atoms with van der Waals surface area (Å²) in [6, 6.07) is -1.21. The van der Waals surface area contributed by atoms with Crippen LogP contribution in [0.4, 0.5) is 0 Å². The number of rotatable bonds is 4. The number of carbonyl (C=O) groups excluding carboxylic acids is 1. The van der Waals surface area contributed by atoms with Gasteiger partial charge < -0.3 is 15.6 Å². The molecule has 0 saturated carbocycles. The van der Waals surface area contributed by atoms with Gasteiger partial charge in [0.1, 0.15) is 12.1 Å². The van der Waals surface area contributed by atoms with Gasteiger partial charge in [-0.05, 0) is 13.8 Å². The van der Waals surface area contributed by atoms with Crippen LogP contribution in [0.5, 0.6) is 0 Å². The number of hydrogen-bond donors (Lipinski definition) is 2. The highest BCUT2D eigenvalue weighted by molar-refractivity contribution is 5.87. The van der Waals surface area contributed by atoms with Gasteiger partial charge in [0.05, 0.1) is 0 Å². The summed E-state index contributed by atoms with van der Waals surface area (Å²) in [5.74, 6) is -1.84. The zero-order chi connectivity index (χ0) is 10.6. The summed E-state index contributed by atoms with van der Waals surface area (Å²) in [7, 11) is 0. The van der Waals surface area contributed by atoms with Crippen LogP contribution in [-0.2, 0) is 14.3 Å². The predicted octanol–water partition coefficient (Wildman–Crippen LogP) is -0.0939. The van der Waals surface area contributed by atoms with Crippen molar-refractivity contribution in [2.45, 2.75) is 26.0 Å². The van der Waals surface area contributed by atoms with E-state index in [-0.39, 0.29) is 5.57 Å². The number of nitrogens with two attached hydrogens (primary N) is 1. The van der Waals surface area contributed by atoms with Crippen molar-refractivity contribution in [3.8, 4) is 0 Å². The highest BCUT2D eigenvalue weighted by Crippen LogP contribution is 2.01. The van der Waals surface area contributed by atoms with Crippen molar-refractivity contribution in [3.05, 3.63) is 12.2 Å². The number of carbonyl (C=O) groups is 2. The third-order valence-corrected chi connectivity index (χ3v) is 1.43. The molecule has 0 aromatic rings. The molecular weight excluding hydrogens is 174 g/mol. The SMILES string of the molecule is C=C(C)C(=O)O[C@H](C)[C@H](N)C(=O)O. The van der Waals surface area contributed by atoms with Crippen molar-refractivity contribution in [1.82, 2.24) is 0 Å². The first-order valence-electron chi connectivity index (χ1n) is 3.71. The third-order valence-electron chi connectivity index (χ3n) is 1.43. The first kappa shape index (κ1) is 11.6. The van der Waals surface area contributed by atoms with E-state index >= 15 is 0 Å². The van der Waals surface area contributed by atoms with Crippen molar-refractivity contribution >= 4 is 11.9 Å². The summed E-state index contributed by atoms with van der Waals surface area (Å²) in [5.41, 5.74) is 5.41. The molecule has 0 rings (SSSR count). The van der Waals surface area contributed by atoms with Crippen molar-refractivity contribution in [2.75, 3.05) is 0 Å². The van der Waals surface area contributed by atoms with Gasteiger partial charge in [0, 0.05) is 5.57 Å². The van der Waals surface area contributed by atoms with Crippen LogP contribution in [-0.4, -0.2) is 29.2 Å². The van der Waals surface area contributed by atoms with E-state index in [1.807, 2.05) is 0 Å². The number of hydrogen-bond acceptors (Lipinski definition) is 4. The average Bonchev–Trinajstić information content (AvgIpc) is 2.02. The molecule has 0 aromatic heterocycles. The van der Waals surface area contributed by atoms with Crippen molar-refractivity contribution < 1.29 is 19.4 Å². The molecule has 0 aliphatic rings. The van der Waals surface area contributed by atoms with Gasteiger partial charge in [0.25, 0.3) is 0 Å². The number of esters is 1. The van der Waals surface area contributed by atoms with E-state index in [1.165, 1.54) is 13.8 Å². The van der Waals surface area contributed by atoms with Crippen molar-refractivity contribution in [2.24, 2.45) is 5.73 Å². The minimum atomic E-state index is -1.21. The molecule has 0 unspecified atom stereocenters. The number of aliphatic carboxylic acids is 1. The second kappa shape index (κ2) is 4.61. The van der Waals surface area contributed by atoms with Crippen LogP contribution in [0.1, 0.15) is 13.8 Å². The van der Waals surface area contributed by atoms with E-state index in [1.54, 1.807) is 0 Å². The molecule has 0 aliphatic carbocycles. The Morgan fingerprint density at radius 1 is 1.54 bits per heavy atom. The lowest BCUT2D eigenvalue weighted by Crippen LogP contribution is -2.42. The van der Waals surface area contributed by atoms with E-state index in [0.717, 1.165) is 0 Å². The molecule has 0 fully saturated rings. The first-order valence-corrected chi connectivity index (χ1v) is 3.71. The lowest BCUT2D eigenvalue weighted by atomic mass is 10.2. The molecule has 5 heteroatoms. The normalized spacial score (nSPS) is 14.4. The standard InChI is InChI=1S/C8H13NO4/c1-4(2)8(12)13-5(3)6(9)7(10)11/h5-6H,1,9H2,2-3H3,(H,10,11)/t5-,6+/m1/s1. The minimum Gasteiger partial charge on any atom is -0.480 e. The van der Waals surface area contributed by atoms with E-state index in [2.05, 4.69) is 6.58 Å². The van der Waals surface area contributed by atoms with E-state index in [9.17, 15) is 9.59 Å². The Bertz CT molecular complexity index is 236. The fraction of sp³-hybridized carbons (Fsp3) is 0.500. The fourth-order valence-electron chi connectivity index (χ4n) is 0.544. The van der Waals surface area contributed by atoms with Gasteiger partial charge in [-0.2, -0.15) is 0 Å². The monoisotopic (exact) mass is 187 g/mol. The van der Waals surface area contributed by atoms with Crippen LogP contribution in [0.3, 0.4) is 0 Å². The van der Waals surface area contributed by atoms with Crippen LogP contribution < -0.4 is 5.73 Å². The highest BCUT2D eigenvalue weighted by atomic mass is 16.5. The van der Waals surface area contributed by atoms with E-state index < -0.39 is 24.1 Å². The van der Waals surface area contributed by atoms with Gasteiger partial charge in [-0.3, -0.25) is 4.79 Å². The second-order valence-corrected chi connectivity index (χ2v) is 2.75. The summed E-state index contributed by atoms with van der Waals surface area (Å²) in [6.45, 7) is 6.24. The largest absolute Gasteiger partial charge is 0.480 e. The molecule has 0 bridgehead atoms. The van der Waals surface area contributed by atoms with E-state index in [0.29, 0.717) is 0 Å². The maximum absolute atomic E-state index is 10.9. The molecule has 74 valence electrons. The van der Waals surface area contributed by atoms with Gasteiger partial charge in [0.15, 0.2) is 0 Å². The Morgan fingerprint density at radius 3 is 2.31 bits per heavy atom. The second-order valence-electron chi connectivity index (χ2n) is 2.75. The lowest BCUT2D eigenvalue weighted by molar-refractivity contribution is -0.150. The zero-order valence-electron chi connectivity index (χ0n) is 7.61. The highest BCUT2D eigenvalue weighted by Gasteiger charge is 2.23. The summed E-state index contributed by atoms with van der Waals surface area (Å²) >= 11 is 0.